The lowest BCUT2D eigenvalue weighted by atomic mass is 10.2. The van der Waals surface area contributed by atoms with Crippen LogP contribution in [0, 0.1) is 10.7 Å². The van der Waals surface area contributed by atoms with Crippen molar-refractivity contribution in [3.63, 3.8) is 0 Å². The van der Waals surface area contributed by atoms with Crippen LogP contribution in [0.4, 0.5) is 10.1 Å². The van der Waals surface area contributed by atoms with E-state index in [1.807, 2.05) is 11.8 Å². The van der Waals surface area contributed by atoms with E-state index in [0.717, 1.165) is 22.6 Å². The molecule has 0 N–H and O–H groups in total. The Labute approximate surface area is 85.9 Å². The summed E-state index contributed by atoms with van der Waals surface area (Å²) in [5, 5.41) is 3.48. The highest BCUT2D eigenvalue weighted by atomic mass is 32.2. The Morgan fingerprint density at radius 3 is 2.86 bits per heavy atom. The molecule has 1 saturated carbocycles. The van der Waals surface area contributed by atoms with E-state index >= 15 is 0 Å². The first-order chi connectivity index (χ1) is 6.78. The maximum Gasteiger partial charge on any atom is 0.125 e. The van der Waals surface area contributed by atoms with Crippen molar-refractivity contribution in [2.75, 3.05) is 0 Å². The van der Waals surface area contributed by atoms with Gasteiger partial charge in [-0.15, -0.1) is 4.91 Å². The molecular formula is C10H10FNOS. The zero-order valence-electron chi connectivity index (χ0n) is 7.57. The summed E-state index contributed by atoms with van der Waals surface area (Å²) in [5.41, 5.74) is 1.02. The van der Waals surface area contributed by atoms with Gasteiger partial charge in [0, 0.05) is 17.1 Å². The standard InChI is InChI=1S/C10H10FNOS/c11-8-3-7(4-9(5-8)12-13)6-14-10-1-2-10/h3-5,10H,1-2,6H2. The molecule has 1 aromatic carbocycles. The zero-order chi connectivity index (χ0) is 9.97. The molecule has 1 aliphatic carbocycles. The number of nitrogens with zero attached hydrogens (tertiary/aromatic N) is 1. The Bertz CT molecular complexity index is 352. The molecule has 1 aromatic rings. The van der Waals surface area contributed by atoms with Gasteiger partial charge in [0.05, 0.1) is 0 Å². The van der Waals surface area contributed by atoms with E-state index < -0.39 is 0 Å². The largest absolute Gasteiger partial charge is 0.207 e. The molecule has 0 aromatic heterocycles. The van der Waals surface area contributed by atoms with Gasteiger partial charge in [0.25, 0.3) is 0 Å². The minimum Gasteiger partial charge on any atom is -0.207 e. The lowest BCUT2D eigenvalue weighted by molar-refractivity contribution is 0.627. The van der Waals surface area contributed by atoms with Crippen LogP contribution >= 0.6 is 11.8 Å². The summed E-state index contributed by atoms with van der Waals surface area (Å²) in [4.78, 5) is 10.2. The molecule has 74 valence electrons. The van der Waals surface area contributed by atoms with Crippen molar-refractivity contribution in [2.24, 2.45) is 5.18 Å². The second kappa shape index (κ2) is 4.09. The van der Waals surface area contributed by atoms with Crippen LogP contribution in [0.15, 0.2) is 23.4 Å². The summed E-state index contributed by atoms with van der Waals surface area (Å²) >= 11 is 1.81. The summed E-state index contributed by atoms with van der Waals surface area (Å²) in [6, 6.07) is 4.26. The molecule has 0 saturated heterocycles. The Morgan fingerprint density at radius 1 is 1.43 bits per heavy atom. The van der Waals surface area contributed by atoms with Crippen molar-refractivity contribution in [1.82, 2.24) is 0 Å². The number of thioether (sulfide) groups is 1. The Morgan fingerprint density at radius 2 is 2.21 bits per heavy atom. The molecule has 0 aliphatic heterocycles. The summed E-state index contributed by atoms with van der Waals surface area (Å²) in [6.45, 7) is 0. The van der Waals surface area contributed by atoms with E-state index in [2.05, 4.69) is 5.18 Å². The molecule has 2 rings (SSSR count). The van der Waals surface area contributed by atoms with Gasteiger partial charge in [-0.25, -0.2) is 4.39 Å². The highest BCUT2D eigenvalue weighted by Crippen LogP contribution is 2.36. The van der Waals surface area contributed by atoms with Gasteiger partial charge >= 0.3 is 0 Å². The predicted octanol–water partition coefficient (Wildman–Crippen LogP) is 3.62. The van der Waals surface area contributed by atoms with Crippen LogP contribution in [0.25, 0.3) is 0 Å². The average Bonchev–Trinajstić information content (AvgIpc) is 2.97. The van der Waals surface area contributed by atoms with Crippen molar-refractivity contribution >= 4 is 17.4 Å². The van der Waals surface area contributed by atoms with Crippen LogP contribution in [0.1, 0.15) is 18.4 Å². The Kier molecular flexibility index (Phi) is 2.82. The molecule has 0 amide bonds. The topological polar surface area (TPSA) is 29.4 Å². The maximum atomic E-state index is 12.9. The Hall–Kier alpha value is -0.900. The lowest BCUT2D eigenvalue weighted by Crippen LogP contribution is -1.84. The van der Waals surface area contributed by atoms with Gasteiger partial charge in [0.2, 0.25) is 0 Å². The molecular weight excluding hydrogens is 201 g/mol. The van der Waals surface area contributed by atoms with Crippen LogP contribution < -0.4 is 0 Å². The minimum atomic E-state index is -0.381. The molecule has 2 nitrogen and oxygen atoms in total. The van der Waals surface area contributed by atoms with Gasteiger partial charge in [-0.3, -0.25) is 0 Å². The van der Waals surface area contributed by atoms with Gasteiger partial charge < -0.3 is 0 Å². The van der Waals surface area contributed by atoms with Crippen molar-refractivity contribution in [2.45, 2.75) is 23.8 Å². The minimum absolute atomic E-state index is 0.177. The molecule has 0 spiro atoms. The molecule has 1 aliphatic rings. The first kappa shape index (κ1) is 9.65. The van der Waals surface area contributed by atoms with Crippen molar-refractivity contribution in [3.05, 3.63) is 34.5 Å². The van der Waals surface area contributed by atoms with Crippen LogP contribution in [-0.4, -0.2) is 5.25 Å². The third kappa shape index (κ3) is 2.54. The van der Waals surface area contributed by atoms with Crippen molar-refractivity contribution in [1.29, 1.82) is 0 Å². The summed E-state index contributed by atoms with van der Waals surface area (Å²) in [5.74, 6) is 0.388. The third-order valence-electron chi connectivity index (χ3n) is 2.06. The second-order valence-corrected chi connectivity index (χ2v) is 4.71. The quantitative estimate of drug-likeness (QED) is 0.712. The molecule has 1 fully saturated rings. The van der Waals surface area contributed by atoms with Crippen molar-refractivity contribution in [3.8, 4) is 0 Å². The van der Waals surface area contributed by atoms with E-state index in [1.165, 1.54) is 18.9 Å². The molecule has 0 heterocycles. The van der Waals surface area contributed by atoms with E-state index in [4.69, 9.17) is 0 Å². The SMILES string of the molecule is O=Nc1cc(F)cc(CSC2CC2)c1. The molecule has 0 atom stereocenters. The second-order valence-electron chi connectivity index (χ2n) is 3.42. The van der Waals surface area contributed by atoms with Crippen LogP contribution in [0.3, 0.4) is 0 Å². The lowest BCUT2D eigenvalue weighted by Gasteiger charge is -2.01. The van der Waals surface area contributed by atoms with Crippen LogP contribution in [0.5, 0.6) is 0 Å². The van der Waals surface area contributed by atoms with Crippen molar-refractivity contribution < 1.29 is 4.39 Å². The predicted molar refractivity (Wildman–Crippen MR) is 56.2 cm³/mol. The molecule has 14 heavy (non-hydrogen) atoms. The maximum absolute atomic E-state index is 12.9. The fourth-order valence-corrected chi connectivity index (χ4v) is 2.28. The number of hydrogen-bond acceptors (Lipinski definition) is 3. The van der Waals surface area contributed by atoms with E-state index in [1.54, 1.807) is 6.07 Å². The van der Waals surface area contributed by atoms with Crippen LogP contribution in [-0.2, 0) is 5.75 Å². The summed E-state index contributed by atoms with van der Waals surface area (Å²) < 4.78 is 12.9. The highest BCUT2D eigenvalue weighted by molar-refractivity contribution is 7.99. The van der Waals surface area contributed by atoms with Gasteiger partial charge in [-0.05, 0) is 35.7 Å². The fraction of sp³-hybridized carbons (Fsp3) is 0.400. The zero-order valence-corrected chi connectivity index (χ0v) is 8.39. The first-order valence-corrected chi connectivity index (χ1v) is 5.57. The van der Waals surface area contributed by atoms with E-state index in [-0.39, 0.29) is 11.5 Å². The molecule has 4 heteroatoms. The Balaban J connectivity index is 2.06. The molecule has 0 bridgehead atoms. The molecule has 0 unspecified atom stereocenters. The fourth-order valence-electron chi connectivity index (χ4n) is 1.22. The highest BCUT2D eigenvalue weighted by Gasteiger charge is 2.21. The third-order valence-corrected chi connectivity index (χ3v) is 3.50. The number of benzene rings is 1. The van der Waals surface area contributed by atoms with Crippen LogP contribution in [0.2, 0.25) is 0 Å². The normalized spacial score (nSPS) is 15.5. The number of nitroso groups, excluding NO2 is 1. The monoisotopic (exact) mass is 211 g/mol. The van der Waals surface area contributed by atoms with E-state index in [9.17, 15) is 9.30 Å². The smallest absolute Gasteiger partial charge is 0.125 e. The van der Waals surface area contributed by atoms with E-state index in [0.29, 0.717) is 0 Å². The number of halogens is 1. The van der Waals surface area contributed by atoms with Gasteiger partial charge in [-0.1, -0.05) is 0 Å². The summed E-state index contributed by atoms with van der Waals surface area (Å²) in [7, 11) is 0. The van der Waals surface area contributed by atoms with Gasteiger partial charge in [0.15, 0.2) is 0 Å². The first-order valence-electron chi connectivity index (χ1n) is 4.52. The van der Waals surface area contributed by atoms with Gasteiger partial charge in [0.1, 0.15) is 11.5 Å². The average molecular weight is 211 g/mol. The molecule has 0 radical (unpaired) electrons. The number of hydrogen-bond donors (Lipinski definition) is 0. The number of rotatable bonds is 4. The summed E-state index contributed by atoms with van der Waals surface area (Å²) in [6.07, 6.45) is 2.53. The van der Waals surface area contributed by atoms with Gasteiger partial charge in [-0.2, -0.15) is 11.8 Å².